The van der Waals surface area contributed by atoms with Gasteiger partial charge in [-0.3, -0.25) is 4.79 Å². The zero-order valence-corrected chi connectivity index (χ0v) is 11.4. The molecule has 0 saturated heterocycles. The molecule has 1 aromatic rings. The summed E-state index contributed by atoms with van der Waals surface area (Å²) in [7, 11) is 0. The first-order valence-corrected chi connectivity index (χ1v) is 7.16. The average Bonchev–Trinajstić information content (AvgIpc) is 2.88. The number of esters is 1. The Labute approximate surface area is 117 Å². The molecule has 1 aliphatic heterocycles. The molecule has 1 aromatic carbocycles. The van der Waals surface area contributed by atoms with E-state index in [9.17, 15) is 9.59 Å². The van der Waals surface area contributed by atoms with E-state index in [1.54, 1.807) is 0 Å². The first-order chi connectivity index (χ1) is 9.62. The number of benzene rings is 1. The summed E-state index contributed by atoms with van der Waals surface area (Å²) >= 11 is 0. The van der Waals surface area contributed by atoms with E-state index < -0.39 is 0 Å². The van der Waals surface area contributed by atoms with E-state index in [-0.39, 0.29) is 23.3 Å². The fourth-order valence-corrected chi connectivity index (χ4v) is 4.27. The molecular formula is C17H16O3. The number of ketones is 1. The van der Waals surface area contributed by atoms with Gasteiger partial charge in [-0.15, -0.1) is 0 Å². The van der Waals surface area contributed by atoms with Crippen LogP contribution in [0.4, 0.5) is 0 Å². The maximum atomic E-state index is 12.5. The molecule has 4 rings (SSSR count). The summed E-state index contributed by atoms with van der Waals surface area (Å²) in [4.78, 5) is 24.8. The molecule has 0 aromatic heterocycles. The molecule has 3 atom stereocenters. The van der Waals surface area contributed by atoms with Crippen molar-refractivity contribution in [3.8, 4) is 0 Å². The van der Waals surface area contributed by atoms with Gasteiger partial charge in [-0.2, -0.15) is 0 Å². The van der Waals surface area contributed by atoms with Crippen molar-refractivity contribution >= 4 is 17.3 Å². The minimum absolute atomic E-state index is 0.117. The Bertz CT molecular complexity index is 643. The molecule has 20 heavy (non-hydrogen) atoms. The summed E-state index contributed by atoms with van der Waals surface area (Å²) in [5.74, 6) is 0.143. The van der Waals surface area contributed by atoms with Gasteiger partial charge in [0.15, 0.2) is 5.78 Å². The standard InChI is InChI=1S/C17H16O3/c1-17-11-7-8-13(17)20-16(19)14(15(17)12(18)9-11)10-5-3-2-4-6-10/h2-6,11,13H,7-9H2,1H3/t11-,13-,17+/m0/s1. The minimum atomic E-state index is -0.329. The van der Waals surface area contributed by atoms with Crippen LogP contribution in [0.15, 0.2) is 35.9 Å². The smallest absolute Gasteiger partial charge is 0.339 e. The summed E-state index contributed by atoms with van der Waals surface area (Å²) < 4.78 is 5.66. The summed E-state index contributed by atoms with van der Waals surface area (Å²) in [6.45, 7) is 2.10. The predicted octanol–water partition coefficient (Wildman–Crippen LogP) is 2.75. The first kappa shape index (κ1) is 11.9. The van der Waals surface area contributed by atoms with E-state index in [1.165, 1.54) is 0 Å². The Kier molecular flexibility index (Phi) is 2.27. The van der Waals surface area contributed by atoms with E-state index >= 15 is 0 Å². The van der Waals surface area contributed by atoms with E-state index in [1.807, 2.05) is 30.3 Å². The third-order valence-corrected chi connectivity index (χ3v) is 5.31. The Hall–Kier alpha value is -1.90. The molecular weight excluding hydrogens is 252 g/mol. The largest absolute Gasteiger partial charge is 0.458 e. The second kappa shape index (κ2) is 3.81. The van der Waals surface area contributed by atoms with Crippen molar-refractivity contribution in [2.45, 2.75) is 32.3 Å². The van der Waals surface area contributed by atoms with Crippen LogP contribution in [0.25, 0.3) is 5.57 Å². The van der Waals surface area contributed by atoms with Crippen LogP contribution in [0.5, 0.6) is 0 Å². The molecule has 3 heteroatoms. The van der Waals surface area contributed by atoms with Gasteiger partial charge < -0.3 is 4.74 Å². The Morgan fingerprint density at radius 1 is 1.15 bits per heavy atom. The second-order valence-electron chi connectivity index (χ2n) is 6.19. The van der Waals surface area contributed by atoms with Gasteiger partial charge in [-0.25, -0.2) is 4.79 Å². The predicted molar refractivity (Wildman–Crippen MR) is 73.7 cm³/mol. The molecule has 3 nitrogen and oxygen atoms in total. The van der Waals surface area contributed by atoms with Gasteiger partial charge in [0.05, 0.1) is 5.57 Å². The molecule has 0 N–H and O–H groups in total. The van der Waals surface area contributed by atoms with Crippen LogP contribution in [0.2, 0.25) is 0 Å². The van der Waals surface area contributed by atoms with Crippen LogP contribution >= 0.6 is 0 Å². The highest BCUT2D eigenvalue weighted by molar-refractivity contribution is 6.26. The number of ether oxygens (including phenoxy) is 1. The van der Waals surface area contributed by atoms with Crippen LogP contribution in [0, 0.1) is 11.3 Å². The summed E-state index contributed by atoms with van der Waals surface area (Å²) in [5, 5.41) is 0. The lowest BCUT2D eigenvalue weighted by Crippen LogP contribution is -2.40. The SMILES string of the molecule is C[C@]12C3=C(c4ccccc4)C(=O)O[C@H]1CC[C@H]2CC3=O. The lowest BCUT2D eigenvalue weighted by molar-refractivity contribution is -0.148. The third kappa shape index (κ3) is 1.30. The molecule has 0 unspecified atom stereocenters. The Morgan fingerprint density at radius 2 is 1.90 bits per heavy atom. The van der Waals surface area contributed by atoms with Crippen LogP contribution in [0.1, 0.15) is 31.7 Å². The van der Waals surface area contributed by atoms with Gasteiger partial charge in [0, 0.05) is 17.4 Å². The van der Waals surface area contributed by atoms with Crippen molar-refractivity contribution in [2.75, 3.05) is 0 Å². The number of carbonyl (C=O) groups is 2. The molecule has 0 radical (unpaired) electrons. The zero-order chi connectivity index (χ0) is 13.9. The van der Waals surface area contributed by atoms with E-state index in [0.717, 1.165) is 24.0 Å². The summed E-state index contributed by atoms with van der Waals surface area (Å²) in [6, 6.07) is 9.43. The van der Waals surface area contributed by atoms with Crippen LogP contribution in [-0.2, 0) is 14.3 Å². The quantitative estimate of drug-likeness (QED) is 0.736. The topological polar surface area (TPSA) is 43.4 Å². The second-order valence-corrected chi connectivity index (χ2v) is 6.19. The molecule has 2 aliphatic carbocycles. The summed E-state index contributed by atoms with van der Waals surface area (Å²) in [5.41, 5.74) is 1.76. The number of Topliss-reactive ketones (excluding diaryl/α,β-unsaturated/α-hetero) is 1. The number of rotatable bonds is 1. The van der Waals surface area contributed by atoms with Crippen molar-refractivity contribution in [3.63, 3.8) is 0 Å². The van der Waals surface area contributed by atoms with Gasteiger partial charge in [-0.1, -0.05) is 37.3 Å². The van der Waals surface area contributed by atoms with Crippen molar-refractivity contribution in [1.82, 2.24) is 0 Å². The molecule has 0 amide bonds. The monoisotopic (exact) mass is 268 g/mol. The lowest BCUT2D eigenvalue weighted by Gasteiger charge is -2.37. The number of carbonyl (C=O) groups excluding carboxylic acids is 2. The van der Waals surface area contributed by atoms with Gasteiger partial charge in [0.25, 0.3) is 0 Å². The maximum Gasteiger partial charge on any atom is 0.339 e. The maximum absolute atomic E-state index is 12.5. The van der Waals surface area contributed by atoms with Gasteiger partial charge in [0.2, 0.25) is 0 Å². The van der Waals surface area contributed by atoms with Crippen molar-refractivity contribution in [1.29, 1.82) is 0 Å². The van der Waals surface area contributed by atoms with Gasteiger partial charge in [0.1, 0.15) is 6.10 Å². The molecule has 2 saturated carbocycles. The molecule has 3 aliphatic rings. The zero-order valence-electron chi connectivity index (χ0n) is 11.4. The molecule has 102 valence electrons. The highest BCUT2D eigenvalue weighted by atomic mass is 16.5. The number of hydrogen-bond acceptors (Lipinski definition) is 3. The van der Waals surface area contributed by atoms with E-state index in [4.69, 9.17) is 4.74 Å². The van der Waals surface area contributed by atoms with Crippen molar-refractivity contribution in [2.24, 2.45) is 11.3 Å². The molecule has 1 heterocycles. The molecule has 0 spiro atoms. The van der Waals surface area contributed by atoms with Crippen LogP contribution in [0.3, 0.4) is 0 Å². The van der Waals surface area contributed by atoms with Crippen LogP contribution < -0.4 is 0 Å². The third-order valence-electron chi connectivity index (χ3n) is 5.31. The van der Waals surface area contributed by atoms with E-state index in [0.29, 0.717) is 17.9 Å². The first-order valence-electron chi connectivity index (χ1n) is 7.16. The van der Waals surface area contributed by atoms with Gasteiger partial charge in [-0.05, 0) is 24.3 Å². The summed E-state index contributed by atoms with van der Waals surface area (Å²) in [6.07, 6.45) is 2.31. The highest BCUT2D eigenvalue weighted by Gasteiger charge is 2.61. The number of hydrogen-bond donors (Lipinski definition) is 0. The van der Waals surface area contributed by atoms with Crippen LogP contribution in [-0.4, -0.2) is 17.9 Å². The average molecular weight is 268 g/mol. The molecule has 2 fully saturated rings. The minimum Gasteiger partial charge on any atom is -0.458 e. The fourth-order valence-electron chi connectivity index (χ4n) is 4.27. The van der Waals surface area contributed by atoms with Crippen molar-refractivity contribution < 1.29 is 14.3 Å². The Morgan fingerprint density at radius 3 is 2.65 bits per heavy atom. The van der Waals surface area contributed by atoms with Gasteiger partial charge >= 0.3 is 5.97 Å². The fraction of sp³-hybridized carbons (Fsp3) is 0.412. The van der Waals surface area contributed by atoms with E-state index in [2.05, 4.69) is 6.92 Å². The Balaban J connectivity index is 2.00. The highest BCUT2D eigenvalue weighted by Crippen LogP contribution is 2.60. The molecule has 0 bridgehead atoms. The normalized spacial score (nSPS) is 35.2. The lowest BCUT2D eigenvalue weighted by atomic mass is 9.73. The van der Waals surface area contributed by atoms with Crippen molar-refractivity contribution in [3.05, 3.63) is 41.5 Å².